The SMILES string of the molecule is C1=CC2Oc3c(ccc4c3oc3ccc(-c5cccc(-c6ccccc6)c5)cc34)C2C=C1c1cccc(-c2ccccc2)c1. The highest BCUT2D eigenvalue weighted by molar-refractivity contribution is 6.09. The lowest BCUT2D eigenvalue weighted by atomic mass is 9.86. The number of rotatable bonds is 4. The quantitative estimate of drug-likeness (QED) is 0.212. The first-order chi connectivity index (χ1) is 21.8. The van der Waals surface area contributed by atoms with E-state index in [0.717, 1.165) is 27.7 Å². The van der Waals surface area contributed by atoms with Crippen molar-refractivity contribution < 1.29 is 9.15 Å². The number of fused-ring (bicyclic) bond motifs is 7. The minimum atomic E-state index is -0.0406. The molecule has 0 N–H and O–H groups in total. The van der Waals surface area contributed by atoms with Crippen LogP contribution in [-0.2, 0) is 0 Å². The Morgan fingerprint density at radius 1 is 0.477 bits per heavy atom. The van der Waals surface area contributed by atoms with Gasteiger partial charge < -0.3 is 9.15 Å². The number of allylic oxidation sites excluding steroid dienone is 2. The summed E-state index contributed by atoms with van der Waals surface area (Å²) in [4.78, 5) is 0. The first-order valence-corrected chi connectivity index (χ1v) is 15.2. The molecule has 0 saturated carbocycles. The van der Waals surface area contributed by atoms with Gasteiger partial charge in [0.1, 0.15) is 11.7 Å². The second-order valence-corrected chi connectivity index (χ2v) is 11.7. The van der Waals surface area contributed by atoms with E-state index < -0.39 is 0 Å². The Hall–Kier alpha value is -5.60. The molecular weight excluding hydrogens is 536 g/mol. The molecule has 0 saturated heterocycles. The van der Waals surface area contributed by atoms with E-state index in [4.69, 9.17) is 9.15 Å². The third-order valence-electron chi connectivity index (χ3n) is 9.02. The molecule has 0 radical (unpaired) electrons. The summed E-state index contributed by atoms with van der Waals surface area (Å²) in [6.07, 6.45) is 6.71. The molecule has 44 heavy (non-hydrogen) atoms. The average Bonchev–Trinajstić information content (AvgIpc) is 3.67. The van der Waals surface area contributed by atoms with Crippen molar-refractivity contribution in [2.75, 3.05) is 0 Å². The van der Waals surface area contributed by atoms with Crippen molar-refractivity contribution in [1.82, 2.24) is 0 Å². The molecule has 2 heteroatoms. The Balaban J connectivity index is 1.08. The van der Waals surface area contributed by atoms with E-state index in [9.17, 15) is 0 Å². The Morgan fingerprint density at radius 3 is 1.82 bits per heavy atom. The minimum absolute atomic E-state index is 0.0406. The number of benzene rings is 6. The van der Waals surface area contributed by atoms with Crippen molar-refractivity contribution in [3.05, 3.63) is 169 Å². The van der Waals surface area contributed by atoms with Gasteiger partial charge in [-0.2, -0.15) is 0 Å². The van der Waals surface area contributed by atoms with Gasteiger partial charge in [-0.3, -0.25) is 0 Å². The lowest BCUT2D eigenvalue weighted by Crippen LogP contribution is -2.16. The van der Waals surface area contributed by atoms with Gasteiger partial charge in [-0.25, -0.2) is 0 Å². The van der Waals surface area contributed by atoms with Crippen molar-refractivity contribution in [2.24, 2.45) is 0 Å². The summed E-state index contributed by atoms with van der Waals surface area (Å²) < 4.78 is 13.1. The number of ether oxygens (including phenoxy) is 1. The molecule has 6 aromatic carbocycles. The predicted molar refractivity (Wildman–Crippen MR) is 181 cm³/mol. The molecule has 2 atom stereocenters. The van der Waals surface area contributed by atoms with Crippen LogP contribution in [0.25, 0.3) is 60.9 Å². The second kappa shape index (κ2) is 10.00. The van der Waals surface area contributed by atoms with Gasteiger partial charge >= 0.3 is 0 Å². The summed E-state index contributed by atoms with van der Waals surface area (Å²) in [5.41, 5.74) is 12.5. The summed E-state index contributed by atoms with van der Waals surface area (Å²) in [6.45, 7) is 0. The highest BCUT2D eigenvalue weighted by Gasteiger charge is 2.36. The van der Waals surface area contributed by atoms with E-state index in [1.165, 1.54) is 50.1 Å². The van der Waals surface area contributed by atoms with E-state index in [1.54, 1.807) is 0 Å². The van der Waals surface area contributed by atoms with Crippen molar-refractivity contribution in [3.8, 4) is 39.1 Å². The van der Waals surface area contributed by atoms with Gasteiger partial charge in [-0.05, 0) is 80.9 Å². The molecule has 7 aromatic rings. The Labute approximate surface area is 256 Å². The summed E-state index contributed by atoms with van der Waals surface area (Å²) in [5.74, 6) is 1.00. The zero-order valence-electron chi connectivity index (χ0n) is 24.0. The third kappa shape index (κ3) is 4.11. The highest BCUT2D eigenvalue weighted by Crippen LogP contribution is 2.49. The van der Waals surface area contributed by atoms with Gasteiger partial charge in [-0.15, -0.1) is 0 Å². The fourth-order valence-electron chi connectivity index (χ4n) is 6.78. The van der Waals surface area contributed by atoms with Crippen molar-refractivity contribution in [2.45, 2.75) is 12.0 Å². The van der Waals surface area contributed by atoms with Gasteiger partial charge in [-0.1, -0.05) is 121 Å². The topological polar surface area (TPSA) is 22.4 Å². The van der Waals surface area contributed by atoms with Gasteiger partial charge in [0.25, 0.3) is 0 Å². The largest absolute Gasteiger partial charge is 0.481 e. The molecule has 208 valence electrons. The maximum atomic E-state index is 6.59. The lowest BCUT2D eigenvalue weighted by Gasteiger charge is -2.19. The summed E-state index contributed by atoms with van der Waals surface area (Å²) >= 11 is 0. The molecular formula is C42H28O2. The van der Waals surface area contributed by atoms with Gasteiger partial charge in [0.2, 0.25) is 0 Å². The van der Waals surface area contributed by atoms with E-state index in [1.807, 2.05) is 0 Å². The zero-order chi connectivity index (χ0) is 29.0. The van der Waals surface area contributed by atoms with Crippen LogP contribution in [0.2, 0.25) is 0 Å². The minimum Gasteiger partial charge on any atom is -0.481 e. The fraction of sp³-hybridized carbons (Fsp3) is 0.0476. The summed E-state index contributed by atoms with van der Waals surface area (Å²) in [7, 11) is 0. The molecule has 0 fully saturated rings. The molecule has 2 nitrogen and oxygen atoms in total. The predicted octanol–water partition coefficient (Wildman–Crippen LogP) is 11.1. The zero-order valence-corrected chi connectivity index (χ0v) is 24.0. The van der Waals surface area contributed by atoms with Crippen molar-refractivity contribution in [3.63, 3.8) is 0 Å². The van der Waals surface area contributed by atoms with Crippen LogP contribution in [0.1, 0.15) is 17.0 Å². The van der Waals surface area contributed by atoms with Crippen LogP contribution >= 0.6 is 0 Å². The van der Waals surface area contributed by atoms with Crippen LogP contribution in [0.5, 0.6) is 5.75 Å². The molecule has 1 aliphatic heterocycles. The molecule has 2 heterocycles. The standard InChI is InChI=1S/C42H28O2/c1-3-9-27(10-4-1)29-13-7-15-31(23-29)33-17-21-39-37(25-33)35-19-20-36-38-26-34(18-22-40(38)44-42(36)41(35)43-39)32-16-8-14-30(24-32)28-11-5-2-6-12-28/h1-26,37,39H. The molecule has 1 aromatic heterocycles. The summed E-state index contributed by atoms with van der Waals surface area (Å²) in [5, 5.41) is 2.19. The highest BCUT2D eigenvalue weighted by atomic mass is 16.5. The maximum absolute atomic E-state index is 6.59. The normalized spacial score (nSPS) is 16.9. The van der Waals surface area contributed by atoms with Crippen LogP contribution in [0, 0.1) is 0 Å². The average molecular weight is 565 g/mol. The van der Waals surface area contributed by atoms with Crippen LogP contribution in [0.4, 0.5) is 0 Å². The second-order valence-electron chi connectivity index (χ2n) is 11.7. The van der Waals surface area contributed by atoms with E-state index >= 15 is 0 Å². The first kappa shape index (κ1) is 24.9. The van der Waals surface area contributed by atoms with E-state index in [2.05, 4.69) is 158 Å². The van der Waals surface area contributed by atoms with E-state index in [0.29, 0.717) is 0 Å². The van der Waals surface area contributed by atoms with Crippen LogP contribution in [-0.4, -0.2) is 6.10 Å². The number of hydrogen-bond acceptors (Lipinski definition) is 2. The number of hydrogen-bond donors (Lipinski definition) is 0. The van der Waals surface area contributed by atoms with Crippen LogP contribution in [0.15, 0.2) is 162 Å². The monoisotopic (exact) mass is 564 g/mol. The van der Waals surface area contributed by atoms with E-state index in [-0.39, 0.29) is 12.0 Å². The first-order valence-electron chi connectivity index (χ1n) is 15.2. The molecule has 0 spiro atoms. The maximum Gasteiger partial charge on any atom is 0.177 e. The van der Waals surface area contributed by atoms with Gasteiger partial charge in [0, 0.05) is 22.3 Å². The van der Waals surface area contributed by atoms with Crippen LogP contribution in [0.3, 0.4) is 0 Å². The van der Waals surface area contributed by atoms with Gasteiger partial charge in [0.05, 0.1) is 0 Å². The Bertz CT molecular complexity index is 2250. The van der Waals surface area contributed by atoms with Gasteiger partial charge in [0.15, 0.2) is 11.3 Å². The lowest BCUT2D eigenvalue weighted by molar-refractivity contribution is 0.269. The Kier molecular flexibility index (Phi) is 5.67. The summed E-state index contributed by atoms with van der Waals surface area (Å²) in [6, 6.07) is 49.5. The molecule has 2 aliphatic rings. The molecule has 0 amide bonds. The molecule has 0 bridgehead atoms. The third-order valence-corrected chi connectivity index (χ3v) is 9.02. The molecule has 2 unspecified atom stereocenters. The fourth-order valence-corrected chi connectivity index (χ4v) is 6.78. The molecule has 9 rings (SSSR count). The Morgan fingerprint density at radius 2 is 1.09 bits per heavy atom. The number of furan rings is 1. The molecule has 1 aliphatic carbocycles. The van der Waals surface area contributed by atoms with Crippen molar-refractivity contribution >= 4 is 27.5 Å². The van der Waals surface area contributed by atoms with Crippen LogP contribution < -0.4 is 4.74 Å². The van der Waals surface area contributed by atoms with Crippen molar-refractivity contribution in [1.29, 1.82) is 0 Å². The smallest absolute Gasteiger partial charge is 0.177 e.